The van der Waals surface area contributed by atoms with Gasteiger partial charge in [0.1, 0.15) is 4.88 Å². The summed E-state index contributed by atoms with van der Waals surface area (Å²) >= 11 is 1.28. The van der Waals surface area contributed by atoms with E-state index < -0.39 is 18.0 Å². The van der Waals surface area contributed by atoms with Crippen LogP contribution in [-0.4, -0.2) is 27.9 Å². The van der Waals surface area contributed by atoms with Gasteiger partial charge in [0, 0.05) is 18.0 Å². The third-order valence-electron chi connectivity index (χ3n) is 3.39. The molecule has 0 aliphatic heterocycles. The van der Waals surface area contributed by atoms with Crippen molar-refractivity contribution in [2.75, 3.05) is 5.32 Å². The molecule has 7 heteroatoms. The van der Waals surface area contributed by atoms with Gasteiger partial charge in [0.25, 0.3) is 5.91 Å². The molecule has 1 unspecified atom stereocenters. The number of hydrogen-bond acceptors (Lipinski definition) is 6. The number of esters is 1. The molecule has 0 spiro atoms. The molecule has 126 valence electrons. The highest BCUT2D eigenvalue weighted by Crippen LogP contribution is 2.29. The molecule has 3 aromatic rings. The van der Waals surface area contributed by atoms with Gasteiger partial charge in [-0.25, -0.2) is 14.8 Å². The molecule has 25 heavy (non-hydrogen) atoms. The second-order valence-electron chi connectivity index (χ2n) is 5.14. The summed E-state index contributed by atoms with van der Waals surface area (Å²) in [5, 5.41) is 4.32. The molecule has 0 aliphatic rings. The van der Waals surface area contributed by atoms with Gasteiger partial charge in [-0.2, -0.15) is 0 Å². The molecule has 0 aliphatic carbocycles. The van der Waals surface area contributed by atoms with Crippen molar-refractivity contribution in [3.63, 3.8) is 0 Å². The minimum atomic E-state index is -0.970. The molecule has 6 nitrogen and oxygen atoms in total. The van der Waals surface area contributed by atoms with Gasteiger partial charge < -0.3 is 4.74 Å². The number of amides is 1. The number of nitrogens with one attached hydrogen (secondary N) is 1. The number of rotatable bonds is 5. The summed E-state index contributed by atoms with van der Waals surface area (Å²) in [6, 6.07) is 13.0. The van der Waals surface area contributed by atoms with E-state index in [0.717, 1.165) is 11.1 Å². The highest BCUT2D eigenvalue weighted by molar-refractivity contribution is 7.12. The molecule has 1 aromatic carbocycles. The molecule has 2 heterocycles. The second-order valence-corrected chi connectivity index (χ2v) is 6.05. The predicted molar refractivity (Wildman–Crippen MR) is 95.3 cm³/mol. The Morgan fingerprint density at radius 2 is 1.80 bits per heavy atom. The zero-order valence-electron chi connectivity index (χ0n) is 13.4. The van der Waals surface area contributed by atoms with Crippen molar-refractivity contribution in [1.29, 1.82) is 0 Å². The Hall–Kier alpha value is -3.06. The lowest BCUT2D eigenvalue weighted by molar-refractivity contribution is -0.123. The summed E-state index contributed by atoms with van der Waals surface area (Å²) < 4.78 is 5.29. The first-order valence-electron chi connectivity index (χ1n) is 7.57. The van der Waals surface area contributed by atoms with Crippen LogP contribution in [0, 0.1) is 0 Å². The molecule has 0 saturated heterocycles. The van der Waals surface area contributed by atoms with Gasteiger partial charge in [0.2, 0.25) is 5.95 Å². The van der Waals surface area contributed by atoms with E-state index >= 15 is 0 Å². The Labute approximate surface area is 148 Å². The SMILES string of the molecule is CC(OC(=O)c1sccc1-c1ccccc1)C(=O)Nc1ncccn1. The van der Waals surface area contributed by atoms with E-state index in [9.17, 15) is 9.59 Å². The van der Waals surface area contributed by atoms with Crippen molar-refractivity contribution in [1.82, 2.24) is 9.97 Å². The third kappa shape index (κ3) is 4.07. The van der Waals surface area contributed by atoms with Crippen LogP contribution in [0.2, 0.25) is 0 Å². The summed E-state index contributed by atoms with van der Waals surface area (Å²) in [6.07, 6.45) is 2.05. The van der Waals surface area contributed by atoms with E-state index in [2.05, 4.69) is 15.3 Å². The highest BCUT2D eigenvalue weighted by Gasteiger charge is 2.22. The molecule has 1 amide bonds. The van der Waals surface area contributed by atoms with E-state index in [-0.39, 0.29) is 5.95 Å². The second kappa shape index (κ2) is 7.67. The number of anilines is 1. The Bertz CT molecular complexity index is 866. The van der Waals surface area contributed by atoms with Gasteiger partial charge in [-0.05, 0) is 30.0 Å². The van der Waals surface area contributed by atoms with E-state index in [0.29, 0.717) is 4.88 Å². The van der Waals surface area contributed by atoms with Gasteiger partial charge in [-0.3, -0.25) is 10.1 Å². The van der Waals surface area contributed by atoms with Crippen LogP contribution < -0.4 is 5.32 Å². The Kier molecular flexibility index (Phi) is 5.15. The molecular formula is C18H15N3O3S. The largest absolute Gasteiger partial charge is 0.448 e. The summed E-state index contributed by atoms with van der Waals surface area (Å²) in [5.74, 6) is -0.862. The minimum Gasteiger partial charge on any atom is -0.448 e. The molecule has 0 radical (unpaired) electrons. The van der Waals surface area contributed by atoms with Crippen molar-refractivity contribution in [3.8, 4) is 11.1 Å². The highest BCUT2D eigenvalue weighted by atomic mass is 32.1. The lowest BCUT2D eigenvalue weighted by Crippen LogP contribution is -2.30. The lowest BCUT2D eigenvalue weighted by atomic mass is 10.1. The zero-order chi connectivity index (χ0) is 17.6. The van der Waals surface area contributed by atoms with Gasteiger partial charge in [-0.1, -0.05) is 30.3 Å². The van der Waals surface area contributed by atoms with Gasteiger partial charge in [0.15, 0.2) is 6.10 Å². The maximum atomic E-state index is 12.4. The quantitative estimate of drug-likeness (QED) is 0.711. The zero-order valence-corrected chi connectivity index (χ0v) is 14.2. The van der Waals surface area contributed by atoms with Crippen molar-refractivity contribution >= 4 is 29.2 Å². The molecular weight excluding hydrogens is 338 g/mol. The van der Waals surface area contributed by atoms with E-state index in [1.807, 2.05) is 41.8 Å². The van der Waals surface area contributed by atoms with Crippen LogP contribution in [0.3, 0.4) is 0 Å². The van der Waals surface area contributed by atoms with Gasteiger partial charge in [0.05, 0.1) is 0 Å². The Morgan fingerprint density at radius 1 is 1.08 bits per heavy atom. The molecule has 1 N–H and O–H groups in total. The molecule has 3 rings (SSSR count). The maximum absolute atomic E-state index is 12.4. The number of aromatic nitrogens is 2. The number of carbonyl (C=O) groups excluding carboxylic acids is 2. The normalized spacial score (nSPS) is 11.6. The summed E-state index contributed by atoms with van der Waals surface area (Å²) in [6.45, 7) is 1.51. The molecule has 2 aromatic heterocycles. The average molecular weight is 353 g/mol. The van der Waals surface area contributed by atoms with Gasteiger partial charge >= 0.3 is 5.97 Å². The lowest BCUT2D eigenvalue weighted by Gasteiger charge is -2.13. The maximum Gasteiger partial charge on any atom is 0.349 e. The topological polar surface area (TPSA) is 81.2 Å². The van der Waals surface area contributed by atoms with Crippen LogP contribution in [0.4, 0.5) is 5.95 Å². The van der Waals surface area contributed by atoms with E-state index in [1.165, 1.54) is 30.7 Å². The third-order valence-corrected chi connectivity index (χ3v) is 4.28. The van der Waals surface area contributed by atoms with Crippen LogP contribution in [-0.2, 0) is 9.53 Å². The Balaban J connectivity index is 1.68. The van der Waals surface area contributed by atoms with Crippen LogP contribution >= 0.6 is 11.3 Å². The van der Waals surface area contributed by atoms with Crippen LogP contribution in [0.15, 0.2) is 60.2 Å². The minimum absolute atomic E-state index is 0.163. The number of benzene rings is 1. The number of carbonyl (C=O) groups is 2. The van der Waals surface area contributed by atoms with Crippen LogP contribution in [0.5, 0.6) is 0 Å². The smallest absolute Gasteiger partial charge is 0.349 e. The van der Waals surface area contributed by atoms with Crippen molar-refractivity contribution in [2.45, 2.75) is 13.0 Å². The monoisotopic (exact) mass is 353 g/mol. The average Bonchev–Trinajstić information content (AvgIpc) is 3.13. The molecule has 0 saturated carbocycles. The van der Waals surface area contributed by atoms with Crippen LogP contribution in [0.1, 0.15) is 16.6 Å². The first kappa shape index (κ1) is 16.8. The number of nitrogens with zero attached hydrogens (tertiary/aromatic N) is 2. The van der Waals surface area contributed by atoms with E-state index in [4.69, 9.17) is 4.74 Å². The fraction of sp³-hybridized carbons (Fsp3) is 0.111. The number of hydrogen-bond donors (Lipinski definition) is 1. The molecule has 1 atom stereocenters. The van der Waals surface area contributed by atoms with Crippen molar-refractivity contribution in [3.05, 3.63) is 65.1 Å². The van der Waals surface area contributed by atoms with Crippen molar-refractivity contribution in [2.24, 2.45) is 0 Å². The fourth-order valence-electron chi connectivity index (χ4n) is 2.16. The fourth-order valence-corrected chi connectivity index (χ4v) is 2.95. The number of thiophene rings is 1. The molecule has 0 bridgehead atoms. The van der Waals surface area contributed by atoms with Gasteiger partial charge in [-0.15, -0.1) is 11.3 Å². The predicted octanol–water partition coefficient (Wildman–Crippen LogP) is 3.39. The van der Waals surface area contributed by atoms with Crippen molar-refractivity contribution < 1.29 is 14.3 Å². The Morgan fingerprint density at radius 3 is 2.52 bits per heavy atom. The summed E-state index contributed by atoms with van der Waals surface area (Å²) in [5.41, 5.74) is 1.71. The summed E-state index contributed by atoms with van der Waals surface area (Å²) in [7, 11) is 0. The number of ether oxygens (including phenoxy) is 1. The summed E-state index contributed by atoms with van der Waals surface area (Å²) in [4.78, 5) is 32.8. The first-order chi connectivity index (χ1) is 12.1. The molecule has 0 fully saturated rings. The standard InChI is InChI=1S/C18H15N3O3S/c1-12(16(22)21-18-19-9-5-10-20-18)24-17(23)15-14(8-11-25-15)13-6-3-2-4-7-13/h2-12H,1H3,(H,19,20,21,22). The first-order valence-corrected chi connectivity index (χ1v) is 8.45. The van der Waals surface area contributed by atoms with E-state index in [1.54, 1.807) is 6.07 Å². The van der Waals surface area contributed by atoms with Crippen LogP contribution in [0.25, 0.3) is 11.1 Å².